The van der Waals surface area contributed by atoms with Crippen LogP contribution in [0.2, 0.25) is 0 Å². The number of halogens is 1. The van der Waals surface area contributed by atoms with Gasteiger partial charge >= 0.3 is 0 Å². The number of carbonyl (C=O) groups is 1. The standard InChI is InChI=1S/C23H18FN3O3/c1-2-29-18-13-11-17(12-14-18)25-22(28)19-5-3-4-6-20(19)23-26-21(27-30-23)15-7-9-16(24)10-8-15/h3-14H,2H2,1H3,(H,25,28). The maximum atomic E-state index is 13.1. The Labute approximate surface area is 172 Å². The molecule has 0 saturated carbocycles. The van der Waals surface area contributed by atoms with Crippen molar-refractivity contribution >= 4 is 11.6 Å². The molecule has 4 rings (SSSR count). The summed E-state index contributed by atoms with van der Waals surface area (Å²) in [5.74, 6) is 0.587. The molecule has 4 aromatic rings. The van der Waals surface area contributed by atoms with E-state index in [4.69, 9.17) is 9.26 Å². The minimum Gasteiger partial charge on any atom is -0.494 e. The molecule has 150 valence electrons. The summed E-state index contributed by atoms with van der Waals surface area (Å²) in [4.78, 5) is 17.2. The number of benzene rings is 3. The Hall–Kier alpha value is -4.00. The highest BCUT2D eigenvalue weighted by Gasteiger charge is 2.18. The number of ether oxygens (including phenoxy) is 1. The monoisotopic (exact) mass is 403 g/mol. The molecule has 0 spiro atoms. The summed E-state index contributed by atoms with van der Waals surface area (Å²) in [6.07, 6.45) is 0. The normalized spacial score (nSPS) is 10.6. The van der Waals surface area contributed by atoms with Gasteiger partial charge in [0.1, 0.15) is 11.6 Å². The van der Waals surface area contributed by atoms with E-state index in [2.05, 4.69) is 15.5 Å². The van der Waals surface area contributed by atoms with Gasteiger partial charge in [0.25, 0.3) is 11.8 Å². The molecule has 0 atom stereocenters. The zero-order valence-electron chi connectivity index (χ0n) is 16.1. The van der Waals surface area contributed by atoms with Crippen molar-refractivity contribution in [1.82, 2.24) is 10.1 Å². The van der Waals surface area contributed by atoms with Crippen LogP contribution in [-0.4, -0.2) is 22.7 Å². The zero-order valence-corrected chi connectivity index (χ0v) is 16.1. The molecule has 0 aliphatic heterocycles. The van der Waals surface area contributed by atoms with E-state index in [1.54, 1.807) is 60.7 Å². The highest BCUT2D eigenvalue weighted by molar-refractivity contribution is 6.08. The molecule has 7 heteroatoms. The first kappa shape index (κ1) is 19.3. The van der Waals surface area contributed by atoms with Gasteiger partial charge in [-0.15, -0.1) is 0 Å². The van der Waals surface area contributed by atoms with Crippen LogP contribution in [-0.2, 0) is 0 Å². The largest absolute Gasteiger partial charge is 0.494 e. The number of rotatable bonds is 6. The number of aromatic nitrogens is 2. The molecule has 3 aromatic carbocycles. The van der Waals surface area contributed by atoms with E-state index in [1.807, 2.05) is 6.92 Å². The van der Waals surface area contributed by atoms with E-state index >= 15 is 0 Å². The van der Waals surface area contributed by atoms with Gasteiger partial charge in [-0.25, -0.2) is 4.39 Å². The van der Waals surface area contributed by atoms with Crippen molar-refractivity contribution in [3.8, 4) is 28.6 Å². The van der Waals surface area contributed by atoms with E-state index in [1.165, 1.54) is 12.1 Å². The lowest BCUT2D eigenvalue weighted by atomic mass is 10.1. The molecule has 1 N–H and O–H groups in total. The molecule has 1 heterocycles. The van der Waals surface area contributed by atoms with Crippen LogP contribution < -0.4 is 10.1 Å². The summed E-state index contributed by atoms with van der Waals surface area (Å²) in [6, 6.07) is 19.8. The van der Waals surface area contributed by atoms with Crippen LogP contribution in [0.15, 0.2) is 77.3 Å². The van der Waals surface area contributed by atoms with Crippen molar-refractivity contribution in [1.29, 1.82) is 0 Å². The van der Waals surface area contributed by atoms with Crippen LogP contribution >= 0.6 is 0 Å². The Bertz CT molecular complexity index is 1160. The van der Waals surface area contributed by atoms with Gasteiger partial charge < -0.3 is 14.6 Å². The maximum absolute atomic E-state index is 13.1. The Kier molecular flexibility index (Phi) is 5.52. The van der Waals surface area contributed by atoms with Gasteiger partial charge in [0, 0.05) is 11.3 Å². The summed E-state index contributed by atoms with van der Waals surface area (Å²) in [5.41, 5.74) is 2.14. The molecular weight excluding hydrogens is 385 g/mol. The number of anilines is 1. The first-order chi connectivity index (χ1) is 14.6. The fourth-order valence-corrected chi connectivity index (χ4v) is 2.92. The second-order valence-electron chi connectivity index (χ2n) is 6.39. The number of nitrogens with zero attached hydrogens (tertiary/aromatic N) is 2. The van der Waals surface area contributed by atoms with Gasteiger partial charge in [0.15, 0.2) is 0 Å². The predicted molar refractivity (Wildman–Crippen MR) is 111 cm³/mol. The molecule has 0 bridgehead atoms. The highest BCUT2D eigenvalue weighted by Crippen LogP contribution is 2.26. The third kappa shape index (κ3) is 4.20. The number of nitrogens with one attached hydrogen (secondary N) is 1. The number of hydrogen-bond acceptors (Lipinski definition) is 5. The van der Waals surface area contributed by atoms with Crippen molar-refractivity contribution < 1.29 is 18.4 Å². The minimum absolute atomic E-state index is 0.201. The summed E-state index contributed by atoms with van der Waals surface area (Å²) in [7, 11) is 0. The summed E-state index contributed by atoms with van der Waals surface area (Å²) in [5, 5.41) is 6.81. The molecule has 0 aliphatic carbocycles. The molecule has 0 fully saturated rings. The Balaban J connectivity index is 1.58. The molecule has 0 unspecified atom stereocenters. The fraction of sp³-hybridized carbons (Fsp3) is 0.0870. The topological polar surface area (TPSA) is 77.2 Å². The number of amides is 1. The Morgan fingerprint density at radius 3 is 2.50 bits per heavy atom. The van der Waals surface area contributed by atoms with Gasteiger partial charge in [-0.1, -0.05) is 17.3 Å². The van der Waals surface area contributed by atoms with Crippen LogP contribution in [0, 0.1) is 5.82 Å². The summed E-state index contributed by atoms with van der Waals surface area (Å²) in [6.45, 7) is 2.48. The minimum atomic E-state index is -0.348. The van der Waals surface area contributed by atoms with Crippen LogP contribution in [0.3, 0.4) is 0 Å². The van der Waals surface area contributed by atoms with E-state index in [9.17, 15) is 9.18 Å². The second kappa shape index (κ2) is 8.57. The van der Waals surface area contributed by atoms with Crippen molar-refractivity contribution in [3.63, 3.8) is 0 Å². The molecule has 0 radical (unpaired) electrons. The van der Waals surface area contributed by atoms with Gasteiger partial charge in [0.2, 0.25) is 5.82 Å². The number of carbonyl (C=O) groups excluding carboxylic acids is 1. The van der Waals surface area contributed by atoms with Gasteiger partial charge in [-0.2, -0.15) is 4.98 Å². The Morgan fingerprint density at radius 2 is 1.77 bits per heavy atom. The van der Waals surface area contributed by atoms with Crippen LogP contribution in [0.1, 0.15) is 17.3 Å². The van der Waals surface area contributed by atoms with Gasteiger partial charge in [0.05, 0.1) is 17.7 Å². The lowest BCUT2D eigenvalue weighted by Crippen LogP contribution is -2.13. The smallest absolute Gasteiger partial charge is 0.259 e. The third-order valence-corrected chi connectivity index (χ3v) is 4.35. The quantitative estimate of drug-likeness (QED) is 0.479. The summed E-state index contributed by atoms with van der Waals surface area (Å²) < 4.78 is 23.9. The van der Waals surface area contributed by atoms with Crippen LogP contribution in [0.5, 0.6) is 5.75 Å². The highest BCUT2D eigenvalue weighted by atomic mass is 19.1. The zero-order chi connectivity index (χ0) is 20.9. The maximum Gasteiger partial charge on any atom is 0.259 e. The summed E-state index contributed by atoms with van der Waals surface area (Å²) >= 11 is 0. The Morgan fingerprint density at radius 1 is 1.03 bits per heavy atom. The van der Waals surface area contributed by atoms with Gasteiger partial charge in [-0.3, -0.25) is 4.79 Å². The molecular formula is C23H18FN3O3. The average Bonchev–Trinajstić information content (AvgIpc) is 3.26. The molecule has 6 nitrogen and oxygen atoms in total. The van der Waals surface area contributed by atoms with Gasteiger partial charge in [-0.05, 0) is 67.6 Å². The molecule has 1 aromatic heterocycles. The second-order valence-corrected chi connectivity index (χ2v) is 6.39. The van der Waals surface area contributed by atoms with Crippen molar-refractivity contribution in [2.45, 2.75) is 6.92 Å². The lowest BCUT2D eigenvalue weighted by Gasteiger charge is -2.09. The molecule has 0 saturated heterocycles. The lowest BCUT2D eigenvalue weighted by molar-refractivity contribution is 0.102. The predicted octanol–water partition coefficient (Wildman–Crippen LogP) is 5.19. The van der Waals surface area contributed by atoms with E-state index in [0.717, 1.165) is 5.75 Å². The van der Waals surface area contributed by atoms with Crippen molar-refractivity contribution in [3.05, 3.63) is 84.2 Å². The van der Waals surface area contributed by atoms with Crippen molar-refractivity contribution in [2.24, 2.45) is 0 Å². The third-order valence-electron chi connectivity index (χ3n) is 4.35. The molecule has 0 aliphatic rings. The first-order valence-electron chi connectivity index (χ1n) is 9.37. The van der Waals surface area contributed by atoms with Crippen molar-refractivity contribution in [2.75, 3.05) is 11.9 Å². The first-order valence-corrected chi connectivity index (χ1v) is 9.37. The fourth-order valence-electron chi connectivity index (χ4n) is 2.92. The number of hydrogen-bond donors (Lipinski definition) is 1. The SMILES string of the molecule is CCOc1ccc(NC(=O)c2ccccc2-c2nc(-c3ccc(F)cc3)no2)cc1. The van der Waals surface area contributed by atoms with Crippen LogP contribution in [0.25, 0.3) is 22.8 Å². The molecule has 1 amide bonds. The molecule has 30 heavy (non-hydrogen) atoms. The average molecular weight is 403 g/mol. The van der Waals surface area contributed by atoms with Crippen LogP contribution in [0.4, 0.5) is 10.1 Å². The van der Waals surface area contributed by atoms with E-state index in [0.29, 0.717) is 34.8 Å². The van der Waals surface area contributed by atoms with E-state index < -0.39 is 0 Å². The van der Waals surface area contributed by atoms with E-state index in [-0.39, 0.29) is 17.6 Å².